The summed E-state index contributed by atoms with van der Waals surface area (Å²) in [7, 11) is 1.72. The highest BCUT2D eigenvalue weighted by molar-refractivity contribution is 5.66. The van der Waals surface area contributed by atoms with Crippen LogP contribution >= 0.6 is 0 Å². The molecule has 16 heavy (non-hydrogen) atoms. The fourth-order valence-electron chi connectivity index (χ4n) is 1.73. The Morgan fingerprint density at radius 2 is 2.12 bits per heavy atom. The zero-order valence-electron chi connectivity index (χ0n) is 9.24. The van der Waals surface area contributed by atoms with Crippen LogP contribution in [0.25, 0.3) is 11.1 Å². The predicted molar refractivity (Wildman–Crippen MR) is 59.3 cm³/mol. The molecule has 84 valence electrons. The Labute approximate surface area is 93.2 Å². The van der Waals surface area contributed by atoms with E-state index in [4.69, 9.17) is 0 Å². The molecule has 2 aromatic rings. The van der Waals surface area contributed by atoms with Crippen LogP contribution in [0.1, 0.15) is 11.3 Å². The van der Waals surface area contributed by atoms with Crippen molar-refractivity contribution in [3.63, 3.8) is 0 Å². The topological polar surface area (TPSA) is 38.0 Å². The fraction of sp³-hybridized carbons (Fsp3) is 0.250. The molecule has 0 aliphatic heterocycles. The van der Waals surface area contributed by atoms with Gasteiger partial charge >= 0.3 is 0 Å². The van der Waals surface area contributed by atoms with E-state index in [1.807, 2.05) is 0 Å². The van der Waals surface area contributed by atoms with E-state index in [-0.39, 0.29) is 12.4 Å². The molecule has 1 heterocycles. The van der Waals surface area contributed by atoms with Crippen LogP contribution in [0.5, 0.6) is 0 Å². The Morgan fingerprint density at radius 3 is 2.81 bits per heavy atom. The number of hydrogen-bond acceptors (Lipinski definition) is 2. The van der Waals surface area contributed by atoms with Crippen LogP contribution in [0.15, 0.2) is 24.4 Å². The molecule has 0 saturated heterocycles. The second kappa shape index (κ2) is 4.06. The summed E-state index contributed by atoms with van der Waals surface area (Å²) < 4.78 is 15.4. The summed E-state index contributed by atoms with van der Waals surface area (Å²) in [4.78, 5) is 0. The van der Waals surface area contributed by atoms with E-state index < -0.39 is 0 Å². The van der Waals surface area contributed by atoms with Crippen molar-refractivity contribution in [2.24, 2.45) is 7.05 Å². The van der Waals surface area contributed by atoms with E-state index in [1.54, 1.807) is 43.0 Å². The number of nitrogens with zero attached hydrogens (tertiary/aromatic N) is 2. The quantitative estimate of drug-likeness (QED) is 0.840. The number of hydrogen-bond donors (Lipinski definition) is 1. The van der Waals surface area contributed by atoms with Crippen LogP contribution < -0.4 is 0 Å². The van der Waals surface area contributed by atoms with Crippen LogP contribution in [0.2, 0.25) is 0 Å². The molecule has 0 atom stereocenters. The van der Waals surface area contributed by atoms with Gasteiger partial charge in [-0.15, -0.1) is 0 Å². The van der Waals surface area contributed by atoms with Gasteiger partial charge in [0, 0.05) is 18.2 Å². The summed E-state index contributed by atoms with van der Waals surface area (Å²) >= 11 is 0. The van der Waals surface area contributed by atoms with Gasteiger partial charge < -0.3 is 5.11 Å². The summed E-state index contributed by atoms with van der Waals surface area (Å²) in [6, 6.07) is 5.20. The minimum atomic E-state index is -0.259. The van der Waals surface area contributed by atoms with Gasteiger partial charge in [-0.05, 0) is 12.5 Å². The highest BCUT2D eigenvalue weighted by atomic mass is 19.1. The molecule has 2 rings (SSSR count). The lowest BCUT2D eigenvalue weighted by Gasteiger charge is -2.06. The van der Waals surface area contributed by atoms with Crippen molar-refractivity contribution in [3.8, 4) is 11.1 Å². The van der Waals surface area contributed by atoms with Gasteiger partial charge in [-0.1, -0.05) is 18.2 Å². The van der Waals surface area contributed by atoms with Crippen molar-refractivity contribution >= 4 is 0 Å². The summed E-state index contributed by atoms with van der Waals surface area (Å²) in [6.45, 7) is 1.56. The van der Waals surface area contributed by atoms with Gasteiger partial charge in [-0.2, -0.15) is 5.10 Å². The molecule has 0 unspecified atom stereocenters. The Hall–Kier alpha value is -1.68. The molecule has 1 aromatic heterocycles. The molecule has 0 amide bonds. The molecule has 3 nitrogen and oxygen atoms in total. The van der Waals surface area contributed by atoms with Crippen LogP contribution in [0.4, 0.5) is 4.39 Å². The molecule has 0 bridgehead atoms. The molecular weight excluding hydrogens is 207 g/mol. The molecule has 0 spiro atoms. The Morgan fingerprint density at radius 1 is 1.38 bits per heavy atom. The van der Waals surface area contributed by atoms with E-state index in [0.717, 1.165) is 0 Å². The average molecular weight is 220 g/mol. The third-order valence-electron chi connectivity index (χ3n) is 2.69. The van der Waals surface area contributed by atoms with E-state index in [0.29, 0.717) is 22.4 Å². The first-order valence-electron chi connectivity index (χ1n) is 5.02. The van der Waals surface area contributed by atoms with Crippen LogP contribution in [-0.4, -0.2) is 14.9 Å². The van der Waals surface area contributed by atoms with E-state index in [2.05, 4.69) is 5.10 Å². The van der Waals surface area contributed by atoms with Gasteiger partial charge in [0.05, 0.1) is 18.5 Å². The lowest BCUT2D eigenvalue weighted by Crippen LogP contribution is -1.99. The number of aliphatic hydroxyl groups excluding tert-OH is 1. The van der Waals surface area contributed by atoms with Crippen molar-refractivity contribution in [2.45, 2.75) is 13.5 Å². The lowest BCUT2D eigenvalue weighted by molar-refractivity contribution is 0.271. The molecule has 0 saturated carbocycles. The number of benzene rings is 1. The molecule has 0 aliphatic carbocycles. The summed E-state index contributed by atoms with van der Waals surface area (Å²) in [5.41, 5.74) is 2.33. The van der Waals surface area contributed by atoms with Crippen LogP contribution in [0, 0.1) is 12.7 Å². The van der Waals surface area contributed by atoms with Gasteiger partial charge in [0.2, 0.25) is 0 Å². The van der Waals surface area contributed by atoms with E-state index in [9.17, 15) is 9.50 Å². The summed E-state index contributed by atoms with van der Waals surface area (Å²) in [5, 5.41) is 13.3. The number of rotatable bonds is 2. The zero-order valence-corrected chi connectivity index (χ0v) is 9.24. The average Bonchev–Trinajstić information content (AvgIpc) is 2.63. The van der Waals surface area contributed by atoms with Gasteiger partial charge in [0.25, 0.3) is 0 Å². The van der Waals surface area contributed by atoms with Crippen molar-refractivity contribution in [1.82, 2.24) is 9.78 Å². The Balaban J connectivity index is 2.63. The molecule has 1 N–H and O–H groups in total. The second-order valence-corrected chi connectivity index (χ2v) is 3.72. The maximum absolute atomic E-state index is 13.9. The molecule has 1 aromatic carbocycles. The third kappa shape index (κ3) is 1.61. The lowest BCUT2D eigenvalue weighted by atomic mass is 10.0. The van der Waals surface area contributed by atoms with Gasteiger partial charge in [-0.25, -0.2) is 4.39 Å². The standard InChI is InChI=1S/C12H13FN2O/c1-8-4-3-5-9(12(8)13)10-6-14-15(2)11(10)7-16/h3-6,16H,7H2,1-2H3. The Kier molecular flexibility index (Phi) is 2.75. The summed E-state index contributed by atoms with van der Waals surface area (Å²) in [6.07, 6.45) is 1.57. The first-order chi connectivity index (χ1) is 7.65. The SMILES string of the molecule is Cc1cccc(-c2cnn(C)c2CO)c1F. The van der Waals surface area contributed by atoms with Gasteiger partial charge in [0.1, 0.15) is 5.82 Å². The summed E-state index contributed by atoms with van der Waals surface area (Å²) in [5.74, 6) is -0.259. The van der Waals surface area contributed by atoms with Crippen molar-refractivity contribution in [1.29, 1.82) is 0 Å². The number of aliphatic hydroxyl groups is 1. The van der Waals surface area contributed by atoms with E-state index in [1.165, 1.54) is 0 Å². The maximum atomic E-state index is 13.9. The zero-order chi connectivity index (χ0) is 11.7. The Bertz CT molecular complexity index is 520. The molecule has 4 heteroatoms. The molecule has 0 radical (unpaired) electrons. The third-order valence-corrected chi connectivity index (χ3v) is 2.69. The smallest absolute Gasteiger partial charge is 0.134 e. The highest BCUT2D eigenvalue weighted by Gasteiger charge is 2.14. The number of halogens is 1. The minimum absolute atomic E-state index is 0.154. The first kappa shape index (κ1) is 10.8. The van der Waals surface area contributed by atoms with Gasteiger partial charge in [0.15, 0.2) is 0 Å². The molecule has 0 aliphatic rings. The number of aromatic nitrogens is 2. The molecule has 0 fully saturated rings. The minimum Gasteiger partial charge on any atom is -0.390 e. The monoisotopic (exact) mass is 220 g/mol. The van der Waals surface area contributed by atoms with Crippen LogP contribution in [0.3, 0.4) is 0 Å². The van der Waals surface area contributed by atoms with Crippen LogP contribution in [-0.2, 0) is 13.7 Å². The highest BCUT2D eigenvalue weighted by Crippen LogP contribution is 2.27. The second-order valence-electron chi connectivity index (χ2n) is 3.72. The fourth-order valence-corrected chi connectivity index (χ4v) is 1.73. The van der Waals surface area contributed by atoms with Gasteiger partial charge in [-0.3, -0.25) is 4.68 Å². The predicted octanol–water partition coefficient (Wildman–Crippen LogP) is 2.03. The van der Waals surface area contributed by atoms with E-state index >= 15 is 0 Å². The first-order valence-corrected chi connectivity index (χ1v) is 5.02. The number of aryl methyl sites for hydroxylation is 2. The maximum Gasteiger partial charge on any atom is 0.134 e. The van der Waals surface area contributed by atoms with Crippen molar-refractivity contribution in [3.05, 3.63) is 41.5 Å². The largest absolute Gasteiger partial charge is 0.390 e. The van der Waals surface area contributed by atoms with Crippen molar-refractivity contribution < 1.29 is 9.50 Å². The molecular formula is C12H13FN2O. The van der Waals surface area contributed by atoms with Crippen molar-refractivity contribution in [2.75, 3.05) is 0 Å². The normalized spacial score (nSPS) is 10.8.